The number of morpholine rings is 1. The van der Waals surface area contributed by atoms with Crippen molar-refractivity contribution < 1.29 is 13.9 Å². The second-order valence-electron chi connectivity index (χ2n) is 6.44. The maximum Gasteiger partial charge on any atom is 0.223 e. The normalized spacial score (nSPS) is 25.1. The van der Waals surface area contributed by atoms with Crippen molar-refractivity contribution in [3.05, 3.63) is 29.6 Å². The van der Waals surface area contributed by atoms with Crippen molar-refractivity contribution in [1.82, 2.24) is 5.32 Å². The maximum absolute atomic E-state index is 14.4. The van der Waals surface area contributed by atoms with Gasteiger partial charge >= 0.3 is 0 Å². The van der Waals surface area contributed by atoms with Gasteiger partial charge < -0.3 is 15.0 Å². The second-order valence-corrected chi connectivity index (χ2v) is 6.44. The van der Waals surface area contributed by atoms with Gasteiger partial charge in [0.15, 0.2) is 0 Å². The number of amides is 1. The summed E-state index contributed by atoms with van der Waals surface area (Å²) in [5.41, 5.74) is 1.41. The van der Waals surface area contributed by atoms with E-state index in [1.54, 1.807) is 6.07 Å². The molecule has 1 saturated carbocycles. The van der Waals surface area contributed by atoms with Crippen LogP contribution in [-0.4, -0.2) is 31.2 Å². The number of benzene rings is 1. The summed E-state index contributed by atoms with van der Waals surface area (Å²) in [5.74, 6) is 0.0280. The summed E-state index contributed by atoms with van der Waals surface area (Å²) >= 11 is 0. The van der Waals surface area contributed by atoms with Gasteiger partial charge in [0, 0.05) is 25.6 Å². The molecule has 1 N–H and O–H groups in total. The molecule has 1 aromatic carbocycles. The summed E-state index contributed by atoms with van der Waals surface area (Å²) in [5, 5.41) is 2.86. The fourth-order valence-corrected chi connectivity index (χ4v) is 2.97. The number of carbonyl (C=O) groups is 1. The standard InChI is InChI=1S/C17H23FN2O2/c1-11-9-20(10-12(2)22-11)16-6-3-13(7-15(16)18)8-19-17(21)14-4-5-14/h3,6-7,11-12,14H,4-5,8-10H2,1-2H3,(H,19,21). The molecule has 0 bridgehead atoms. The van der Waals surface area contributed by atoms with Crippen molar-refractivity contribution in [2.24, 2.45) is 5.92 Å². The average Bonchev–Trinajstić information content (AvgIpc) is 3.28. The molecule has 1 aliphatic carbocycles. The Balaban J connectivity index is 1.64. The molecule has 1 aromatic rings. The molecule has 22 heavy (non-hydrogen) atoms. The Morgan fingerprint density at radius 1 is 1.32 bits per heavy atom. The number of carbonyl (C=O) groups excluding carboxylic acids is 1. The largest absolute Gasteiger partial charge is 0.372 e. The molecule has 2 unspecified atom stereocenters. The van der Waals surface area contributed by atoms with Crippen LogP contribution in [0.25, 0.3) is 0 Å². The minimum Gasteiger partial charge on any atom is -0.372 e. The summed E-state index contributed by atoms with van der Waals surface area (Å²) in [6.07, 6.45) is 2.15. The van der Waals surface area contributed by atoms with Crippen LogP contribution in [0.3, 0.4) is 0 Å². The summed E-state index contributed by atoms with van der Waals surface area (Å²) in [7, 11) is 0. The Hall–Kier alpha value is -1.62. The molecule has 2 fully saturated rings. The highest BCUT2D eigenvalue weighted by Crippen LogP contribution is 2.29. The average molecular weight is 306 g/mol. The van der Waals surface area contributed by atoms with Gasteiger partial charge in [0.05, 0.1) is 17.9 Å². The van der Waals surface area contributed by atoms with Gasteiger partial charge in [-0.3, -0.25) is 4.79 Å². The van der Waals surface area contributed by atoms with Gasteiger partial charge in [-0.25, -0.2) is 4.39 Å². The van der Waals surface area contributed by atoms with Gasteiger partial charge in [-0.1, -0.05) is 6.07 Å². The van der Waals surface area contributed by atoms with Gasteiger partial charge in [0.25, 0.3) is 0 Å². The fourth-order valence-electron chi connectivity index (χ4n) is 2.97. The number of nitrogens with one attached hydrogen (secondary N) is 1. The smallest absolute Gasteiger partial charge is 0.223 e. The third-order valence-corrected chi connectivity index (χ3v) is 4.19. The third kappa shape index (κ3) is 3.58. The SMILES string of the molecule is CC1CN(c2ccc(CNC(=O)C3CC3)cc2F)CC(C)O1. The molecule has 0 spiro atoms. The highest BCUT2D eigenvalue weighted by molar-refractivity contribution is 5.80. The van der Waals surface area contributed by atoms with Crippen molar-refractivity contribution in [3.8, 4) is 0 Å². The number of halogens is 1. The Kier molecular flexibility index (Phi) is 4.34. The van der Waals surface area contributed by atoms with E-state index >= 15 is 0 Å². The number of ether oxygens (including phenoxy) is 1. The Morgan fingerprint density at radius 2 is 2.00 bits per heavy atom. The van der Waals surface area contributed by atoms with Gasteiger partial charge in [0.2, 0.25) is 5.91 Å². The predicted molar refractivity (Wildman–Crippen MR) is 83.2 cm³/mol. The van der Waals surface area contributed by atoms with E-state index in [2.05, 4.69) is 5.32 Å². The molecule has 3 rings (SSSR count). The first-order valence-electron chi connectivity index (χ1n) is 7.99. The van der Waals surface area contributed by atoms with Crippen LogP contribution in [0.4, 0.5) is 10.1 Å². The minimum absolute atomic E-state index is 0.0836. The van der Waals surface area contributed by atoms with Crippen LogP contribution in [0.1, 0.15) is 32.3 Å². The molecule has 1 saturated heterocycles. The predicted octanol–water partition coefficient (Wildman–Crippen LogP) is 2.47. The third-order valence-electron chi connectivity index (χ3n) is 4.19. The van der Waals surface area contributed by atoms with E-state index < -0.39 is 0 Å². The molecule has 1 heterocycles. The molecular weight excluding hydrogens is 283 g/mol. The quantitative estimate of drug-likeness (QED) is 0.929. The number of rotatable bonds is 4. The minimum atomic E-state index is -0.237. The summed E-state index contributed by atoms with van der Waals surface area (Å²) in [6, 6.07) is 5.21. The van der Waals surface area contributed by atoms with E-state index in [1.807, 2.05) is 24.8 Å². The zero-order chi connectivity index (χ0) is 15.7. The molecule has 2 aliphatic rings. The van der Waals surface area contributed by atoms with E-state index in [0.717, 1.165) is 18.4 Å². The first kappa shape index (κ1) is 15.3. The van der Waals surface area contributed by atoms with E-state index in [0.29, 0.717) is 25.3 Å². The number of hydrogen-bond donors (Lipinski definition) is 1. The number of nitrogens with zero attached hydrogens (tertiary/aromatic N) is 1. The van der Waals surface area contributed by atoms with Crippen molar-refractivity contribution in [2.75, 3.05) is 18.0 Å². The Bertz CT molecular complexity index is 550. The van der Waals surface area contributed by atoms with Gasteiger partial charge in [-0.05, 0) is 44.4 Å². The molecule has 2 atom stereocenters. The molecule has 120 valence electrons. The van der Waals surface area contributed by atoms with Gasteiger partial charge in [-0.2, -0.15) is 0 Å². The highest BCUT2D eigenvalue weighted by atomic mass is 19.1. The zero-order valence-corrected chi connectivity index (χ0v) is 13.1. The molecule has 4 nitrogen and oxygen atoms in total. The monoisotopic (exact) mass is 306 g/mol. The number of hydrogen-bond acceptors (Lipinski definition) is 3. The Labute approximate surface area is 130 Å². The molecular formula is C17H23FN2O2. The first-order valence-corrected chi connectivity index (χ1v) is 7.99. The van der Waals surface area contributed by atoms with Gasteiger partial charge in [0.1, 0.15) is 5.82 Å². The molecule has 0 aromatic heterocycles. The molecule has 5 heteroatoms. The van der Waals surface area contributed by atoms with Crippen molar-refractivity contribution >= 4 is 11.6 Å². The van der Waals surface area contributed by atoms with Crippen LogP contribution in [0.5, 0.6) is 0 Å². The first-order chi connectivity index (χ1) is 10.5. The Morgan fingerprint density at radius 3 is 2.59 bits per heavy atom. The lowest BCUT2D eigenvalue weighted by molar-refractivity contribution is -0.122. The van der Waals surface area contributed by atoms with Crippen molar-refractivity contribution in [1.29, 1.82) is 0 Å². The zero-order valence-electron chi connectivity index (χ0n) is 13.1. The lowest BCUT2D eigenvalue weighted by atomic mass is 10.1. The van der Waals surface area contributed by atoms with Crippen LogP contribution in [-0.2, 0) is 16.1 Å². The van der Waals surface area contributed by atoms with Crippen LogP contribution >= 0.6 is 0 Å². The second kappa shape index (κ2) is 6.24. The topological polar surface area (TPSA) is 41.6 Å². The van der Waals surface area contributed by atoms with E-state index in [4.69, 9.17) is 4.74 Å². The van der Waals surface area contributed by atoms with Crippen LogP contribution in [0.15, 0.2) is 18.2 Å². The van der Waals surface area contributed by atoms with Crippen molar-refractivity contribution in [3.63, 3.8) is 0 Å². The molecule has 1 aliphatic heterocycles. The lowest BCUT2D eigenvalue weighted by Crippen LogP contribution is -2.45. The van der Waals surface area contributed by atoms with E-state index in [1.165, 1.54) is 6.07 Å². The van der Waals surface area contributed by atoms with Crippen LogP contribution in [0.2, 0.25) is 0 Å². The molecule has 1 amide bonds. The lowest BCUT2D eigenvalue weighted by Gasteiger charge is -2.37. The summed E-state index contributed by atoms with van der Waals surface area (Å²) in [6.45, 7) is 5.78. The van der Waals surface area contributed by atoms with E-state index in [9.17, 15) is 9.18 Å². The fraction of sp³-hybridized carbons (Fsp3) is 0.588. The van der Waals surface area contributed by atoms with Crippen LogP contribution in [0, 0.1) is 11.7 Å². The highest BCUT2D eigenvalue weighted by Gasteiger charge is 2.29. The summed E-state index contributed by atoms with van der Waals surface area (Å²) < 4.78 is 20.1. The van der Waals surface area contributed by atoms with Gasteiger partial charge in [-0.15, -0.1) is 0 Å². The van der Waals surface area contributed by atoms with E-state index in [-0.39, 0.29) is 29.9 Å². The number of anilines is 1. The molecule has 0 radical (unpaired) electrons. The summed E-state index contributed by atoms with van der Waals surface area (Å²) in [4.78, 5) is 13.7. The van der Waals surface area contributed by atoms with Crippen molar-refractivity contribution in [2.45, 2.75) is 45.4 Å². The maximum atomic E-state index is 14.4. The van der Waals surface area contributed by atoms with Crippen LogP contribution < -0.4 is 10.2 Å².